The van der Waals surface area contributed by atoms with E-state index in [9.17, 15) is 14.4 Å². The number of carbonyl (C=O) groups excluding carboxylic acids is 2. The number of imidazole rings is 1. The maximum absolute atomic E-state index is 12.8. The average molecular weight is 400 g/mol. The zero-order valence-corrected chi connectivity index (χ0v) is 17.0. The number of methoxy groups -OCH3 is 1. The van der Waals surface area contributed by atoms with Crippen LogP contribution < -0.4 is 15.7 Å². The highest BCUT2D eigenvalue weighted by molar-refractivity contribution is 5.87. The lowest BCUT2D eigenvalue weighted by Crippen LogP contribution is -2.51. The van der Waals surface area contributed by atoms with Crippen molar-refractivity contribution in [3.63, 3.8) is 0 Å². The smallest absolute Gasteiger partial charge is 0.328 e. The third-order valence-corrected chi connectivity index (χ3v) is 6.34. The highest BCUT2D eigenvalue weighted by Crippen LogP contribution is 2.32. The van der Waals surface area contributed by atoms with Gasteiger partial charge in [0, 0.05) is 38.7 Å². The number of amides is 2. The molecule has 2 aromatic rings. The molecule has 1 aliphatic carbocycles. The first-order valence-corrected chi connectivity index (χ1v) is 10.3. The van der Waals surface area contributed by atoms with Crippen LogP contribution in [-0.2, 0) is 23.2 Å². The number of hydrogen-bond acceptors (Lipinski definition) is 4. The minimum Gasteiger partial charge on any atom is -0.497 e. The quantitative estimate of drug-likeness (QED) is 0.833. The van der Waals surface area contributed by atoms with Crippen molar-refractivity contribution < 1.29 is 14.3 Å². The van der Waals surface area contributed by atoms with Crippen molar-refractivity contribution in [2.24, 2.45) is 18.9 Å². The predicted octanol–water partition coefficient (Wildman–Crippen LogP) is 1.11. The van der Waals surface area contributed by atoms with Gasteiger partial charge in [0.15, 0.2) is 0 Å². The van der Waals surface area contributed by atoms with Gasteiger partial charge >= 0.3 is 5.69 Å². The monoisotopic (exact) mass is 400 g/mol. The second kappa shape index (κ2) is 7.93. The molecule has 2 fully saturated rings. The summed E-state index contributed by atoms with van der Waals surface area (Å²) in [5, 5.41) is 2.76. The molecule has 4 rings (SSSR count). The summed E-state index contributed by atoms with van der Waals surface area (Å²) in [5.41, 5.74) is 1.75. The molecule has 8 nitrogen and oxygen atoms in total. The molecular formula is C21H28N4O4. The van der Waals surface area contributed by atoms with Gasteiger partial charge in [-0.15, -0.1) is 0 Å². The summed E-state index contributed by atoms with van der Waals surface area (Å²) in [6.07, 6.45) is 3.43. The van der Waals surface area contributed by atoms with Crippen molar-refractivity contribution in [1.29, 1.82) is 0 Å². The van der Waals surface area contributed by atoms with Gasteiger partial charge < -0.3 is 15.0 Å². The first-order chi connectivity index (χ1) is 14.0. The van der Waals surface area contributed by atoms with E-state index in [1.54, 1.807) is 23.6 Å². The van der Waals surface area contributed by atoms with Crippen LogP contribution in [-0.4, -0.2) is 52.6 Å². The van der Waals surface area contributed by atoms with E-state index < -0.39 is 0 Å². The Morgan fingerprint density at radius 1 is 1.17 bits per heavy atom. The number of aryl methyl sites for hydroxylation is 1. The molecule has 2 aliphatic rings. The molecule has 1 aromatic carbocycles. The molecule has 2 heterocycles. The van der Waals surface area contributed by atoms with E-state index in [4.69, 9.17) is 4.74 Å². The molecule has 0 radical (unpaired) electrons. The van der Waals surface area contributed by atoms with Crippen LogP contribution in [0.4, 0.5) is 0 Å². The summed E-state index contributed by atoms with van der Waals surface area (Å²) in [5.74, 6) is 1.10. The van der Waals surface area contributed by atoms with E-state index in [-0.39, 0.29) is 30.0 Å². The lowest BCUT2D eigenvalue weighted by molar-refractivity contribution is -0.142. The Morgan fingerprint density at radius 3 is 2.62 bits per heavy atom. The van der Waals surface area contributed by atoms with Crippen molar-refractivity contribution in [2.75, 3.05) is 26.7 Å². The van der Waals surface area contributed by atoms with Gasteiger partial charge in [0.2, 0.25) is 11.8 Å². The maximum atomic E-state index is 12.8. The van der Waals surface area contributed by atoms with Crippen LogP contribution in [0.5, 0.6) is 5.75 Å². The normalized spacial score (nSPS) is 22.6. The number of ether oxygens (including phenoxy) is 1. The van der Waals surface area contributed by atoms with Crippen LogP contribution in [0.25, 0.3) is 11.0 Å². The molecule has 1 saturated heterocycles. The number of fused-ring (bicyclic) bond motifs is 1. The van der Waals surface area contributed by atoms with Crippen LogP contribution in [0.3, 0.4) is 0 Å². The number of nitrogens with one attached hydrogen (secondary N) is 1. The molecule has 1 aromatic heterocycles. The minimum atomic E-state index is -0.0796. The van der Waals surface area contributed by atoms with E-state index in [0.29, 0.717) is 25.6 Å². The van der Waals surface area contributed by atoms with Crippen molar-refractivity contribution >= 4 is 22.8 Å². The zero-order valence-electron chi connectivity index (χ0n) is 17.0. The lowest BCUT2D eigenvalue weighted by atomic mass is 9.81. The third-order valence-electron chi connectivity index (χ3n) is 6.34. The molecule has 0 unspecified atom stereocenters. The van der Waals surface area contributed by atoms with E-state index in [1.807, 2.05) is 22.8 Å². The summed E-state index contributed by atoms with van der Waals surface area (Å²) in [6, 6.07) is 5.69. The molecule has 29 heavy (non-hydrogen) atoms. The van der Waals surface area contributed by atoms with Gasteiger partial charge in [-0.05, 0) is 43.7 Å². The summed E-state index contributed by atoms with van der Waals surface area (Å²) >= 11 is 0. The standard InChI is InChI=1S/C21H28N4O4/c1-23-17-8-7-16(29-2)11-18(17)25(21(23)28)12-14-3-5-15(6-4-14)20(27)24-10-9-22-19(26)13-24/h7-8,11,14-15H,3-6,9-10,12-13H2,1-2H3,(H,22,26)/t14-,15-. The Labute approximate surface area is 169 Å². The second-order valence-electron chi connectivity index (χ2n) is 8.13. The Balaban J connectivity index is 1.43. The second-order valence-corrected chi connectivity index (χ2v) is 8.13. The first kappa shape index (κ1) is 19.5. The summed E-state index contributed by atoms with van der Waals surface area (Å²) in [4.78, 5) is 38.7. The lowest BCUT2D eigenvalue weighted by Gasteiger charge is -2.33. The molecule has 1 saturated carbocycles. The third kappa shape index (κ3) is 3.75. The fraction of sp³-hybridized carbons (Fsp3) is 0.571. The van der Waals surface area contributed by atoms with E-state index in [1.165, 1.54) is 0 Å². The van der Waals surface area contributed by atoms with Crippen molar-refractivity contribution in [3.05, 3.63) is 28.7 Å². The number of aromatic nitrogens is 2. The molecular weight excluding hydrogens is 372 g/mol. The zero-order chi connectivity index (χ0) is 20.5. The number of carbonyl (C=O) groups is 2. The van der Waals surface area contributed by atoms with Crippen LogP contribution >= 0.6 is 0 Å². The molecule has 8 heteroatoms. The Bertz CT molecular complexity index is 984. The van der Waals surface area contributed by atoms with E-state index in [2.05, 4.69) is 5.32 Å². The van der Waals surface area contributed by atoms with Gasteiger partial charge in [-0.2, -0.15) is 0 Å². The van der Waals surface area contributed by atoms with Gasteiger partial charge in [0.25, 0.3) is 0 Å². The predicted molar refractivity (Wildman–Crippen MR) is 109 cm³/mol. The highest BCUT2D eigenvalue weighted by Gasteiger charge is 2.32. The van der Waals surface area contributed by atoms with Crippen LogP contribution in [0.1, 0.15) is 25.7 Å². The molecule has 1 aliphatic heterocycles. The van der Waals surface area contributed by atoms with Gasteiger partial charge in [0.1, 0.15) is 5.75 Å². The highest BCUT2D eigenvalue weighted by atomic mass is 16.5. The van der Waals surface area contributed by atoms with E-state index in [0.717, 1.165) is 42.5 Å². The number of benzene rings is 1. The fourth-order valence-corrected chi connectivity index (χ4v) is 4.63. The van der Waals surface area contributed by atoms with Gasteiger partial charge in [-0.25, -0.2) is 4.79 Å². The Morgan fingerprint density at radius 2 is 1.93 bits per heavy atom. The minimum absolute atomic E-state index is 0.0125. The Kier molecular flexibility index (Phi) is 5.34. The number of rotatable bonds is 4. The van der Waals surface area contributed by atoms with Crippen LogP contribution in [0.15, 0.2) is 23.0 Å². The number of piperazine rings is 1. The summed E-state index contributed by atoms with van der Waals surface area (Å²) in [7, 11) is 3.41. The molecule has 2 amide bonds. The molecule has 1 N–H and O–H groups in total. The number of hydrogen-bond donors (Lipinski definition) is 1. The molecule has 156 valence electrons. The molecule has 0 atom stereocenters. The maximum Gasteiger partial charge on any atom is 0.328 e. The van der Waals surface area contributed by atoms with Crippen molar-refractivity contribution in [3.8, 4) is 5.75 Å². The SMILES string of the molecule is COc1ccc2c(c1)n(C[C@H]1CC[C@H](C(=O)N3CCNC(=O)C3)CC1)c(=O)n2C. The summed E-state index contributed by atoms with van der Waals surface area (Å²) < 4.78 is 8.83. The van der Waals surface area contributed by atoms with E-state index >= 15 is 0 Å². The Hall–Kier alpha value is -2.77. The van der Waals surface area contributed by atoms with Gasteiger partial charge in [-0.1, -0.05) is 0 Å². The van der Waals surface area contributed by atoms with Gasteiger partial charge in [-0.3, -0.25) is 18.7 Å². The molecule has 0 bridgehead atoms. The average Bonchev–Trinajstić information content (AvgIpc) is 2.98. The molecule has 0 spiro atoms. The van der Waals surface area contributed by atoms with Gasteiger partial charge in [0.05, 0.1) is 24.7 Å². The van der Waals surface area contributed by atoms with Crippen molar-refractivity contribution in [1.82, 2.24) is 19.4 Å². The largest absolute Gasteiger partial charge is 0.497 e. The fourth-order valence-electron chi connectivity index (χ4n) is 4.63. The van der Waals surface area contributed by atoms with Crippen molar-refractivity contribution in [2.45, 2.75) is 32.2 Å². The van der Waals surface area contributed by atoms with Crippen LogP contribution in [0.2, 0.25) is 0 Å². The topological polar surface area (TPSA) is 85.6 Å². The van der Waals surface area contributed by atoms with Crippen LogP contribution in [0, 0.1) is 11.8 Å². The summed E-state index contributed by atoms with van der Waals surface area (Å²) in [6.45, 7) is 1.95. The number of nitrogens with zero attached hydrogens (tertiary/aromatic N) is 3. The first-order valence-electron chi connectivity index (χ1n) is 10.3.